The summed E-state index contributed by atoms with van der Waals surface area (Å²) < 4.78 is 0. The molecule has 0 aromatic heterocycles. The van der Waals surface area contributed by atoms with Crippen molar-refractivity contribution in [2.45, 2.75) is 58.9 Å². The average Bonchev–Trinajstić information content (AvgIpc) is 2.72. The van der Waals surface area contributed by atoms with Crippen LogP contribution in [0.3, 0.4) is 0 Å². The molecule has 0 spiro atoms. The molecule has 0 saturated heterocycles. The maximum absolute atomic E-state index is 13.1. The van der Waals surface area contributed by atoms with E-state index in [1.165, 1.54) is 16.7 Å². The van der Waals surface area contributed by atoms with Gasteiger partial charge in [0.05, 0.1) is 5.75 Å². The largest absolute Gasteiger partial charge is 0.354 e. The second-order valence-electron chi connectivity index (χ2n) is 7.92. The van der Waals surface area contributed by atoms with Crippen molar-refractivity contribution in [2.75, 3.05) is 12.3 Å². The van der Waals surface area contributed by atoms with E-state index in [0.29, 0.717) is 23.9 Å². The van der Waals surface area contributed by atoms with Crippen LogP contribution in [-0.2, 0) is 21.9 Å². The van der Waals surface area contributed by atoms with E-state index in [1.54, 1.807) is 29.7 Å². The van der Waals surface area contributed by atoms with Crippen molar-refractivity contribution < 1.29 is 9.59 Å². The molecule has 0 radical (unpaired) electrons. The number of carbonyl (C=O) groups is 2. The molecule has 2 aromatic carbocycles. The van der Waals surface area contributed by atoms with Gasteiger partial charge in [-0.3, -0.25) is 9.59 Å². The Morgan fingerprint density at radius 2 is 1.81 bits per heavy atom. The second-order valence-corrected chi connectivity index (χ2v) is 9.32. The van der Waals surface area contributed by atoms with Crippen LogP contribution in [0.2, 0.25) is 5.02 Å². The first-order valence-corrected chi connectivity index (χ1v) is 12.3. The number of carbonyl (C=O) groups excluding carboxylic acids is 2. The van der Waals surface area contributed by atoms with Gasteiger partial charge in [-0.2, -0.15) is 0 Å². The normalized spacial score (nSPS) is 11.8. The molecule has 0 heterocycles. The van der Waals surface area contributed by atoms with E-state index in [-0.39, 0.29) is 11.8 Å². The van der Waals surface area contributed by atoms with Crippen LogP contribution in [0.1, 0.15) is 48.9 Å². The first-order valence-electron chi connectivity index (χ1n) is 10.8. The fraction of sp³-hybridized carbons (Fsp3) is 0.440. The lowest BCUT2D eigenvalue weighted by molar-refractivity contribution is -0.138. The summed E-state index contributed by atoms with van der Waals surface area (Å²) in [6, 6.07) is 13.3. The lowest BCUT2D eigenvalue weighted by Gasteiger charge is -2.29. The Labute approximate surface area is 195 Å². The van der Waals surface area contributed by atoms with Crippen molar-refractivity contribution >= 4 is 35.2 Å². The summed E-state index contributed by atoms with van der Waals surface area (Å²) >= 11 is 7.90. The Morgan fingerprint density at radius 1 is 1.13 bits per heavy atom. The minimum atomic E-state index is -0.567. The summed E-state index contributed by atoms with van der Waals surface area (Å²) in [6.07, 6.45) is 1.93. The highest BCUT2D eigenvalue weighted by molar-refractivity contribution is 7.99. The Kier molecular flexibility index (Phi) is 10.4. The van der Waals surface area contributed by atoms with E-state index in [0.717, 1.165) is 24.2 Å². The number of hydrogen-bond acceptors (Lipinski definition) is 3. The molecular weight excluding hydrogens is 428 g/mol. The number of thioether (sulfide) groups is 1. The van der Waals surface area contributed by atoms with E-state index in [9.17, 15) is 9.59 Å². The summed E-state index contributed by atoms with van der Waals surface area (Å²) in [4.78, 5) is 27.4. The molecule has 0 aliphatic heterocycles. The van der Waals surface area contributed by atoms with E-state index in [1.807, 2.05) is 18.2 Å². The molecule has 0 aliphatic carbocycles. The Bertz CT molecular complexity index is 867. The predicted octanol–water partition coefficient (Wildman–Crippen LogP) is 5.52. The number of benzene rings is 2. The first-order chi connectivity index (χ1) is 14.8. The zero-order valence-corrected chi connectivity index (χ0v) is 20.5. The van der Waals surface area contributed by atoms with Gasteiger partial charge in [0.15, 0.2) is 0 Å². The number of rotatable bonds is 11. The number of halogens is 1. The van der Waals surface area contributed by atoms with Crippen molar-refractivity contribution in [3.63, 3.8) is 0 Å². The van der Waals surface area contributed by atoms with Crippen molar-refractivity contribution in [1.82, 2.24) is 10.2 Å². The Morgan fingerprint density at radius 3 is 2.45 bits per heavy atom. The van der Waals surface area contributed by atoms with Gasteiger partial charge in [0, 0.05) is 23.9 Å². The van der Waals surface area contributed by atoms with Gasteiger partial charge >= 0.3 is 0 Å². The Hall–Kier alpha value is -1.98. The molecule has 0 aliphatic rings. The van der Waals surface area contributed by atoms with Crippen LogP contribution in [0.15, 0.2) is 42.5 Å². The van der Waals surface area contributed by atoms with E-state index in [2.05, 4.69) is 44.3 Å². The van der Waals surface area contributed by atoms with Crippen LogP contribution in [0, 0.1) is 13.8 Å². The highest BCUT2D eigenvalue weighted by Crippen LogP contribution is 2.21. The SMILES string of the molecule is CCCCNC(=O)[C@@H](C)N(Cc1ccccc1Cl)C(=O)CSCc1cc(C)cc(C)c1. The standard InChI is InChI=1S/C25H33ClN2O2S/c1-5-6-11-27-25(30)20(4)28(15-22-9-7-8-10-23(22)26)24(29)17-31-16-21-13-18(2)12-19(3)14-21/h7-10,12-14,20H,5-6,11,15-17H2,1-4H3,(H,27,30)/t20-/m1/s1. The molecule has 0 unspecified atom stereocenters. The van der Waals surface area contributed by atoms with Crippen molar-refractivity contribution in [2.24, 2.45) is 0 Å². The maximum Gasteiger partial charge on any atom is 0.242 e. The zero-order valence-electron chi connectivity index (χ0n) is 18.9. The first kappa shape index (κ1) is 25.3. The minimum absolute atomic E-state index is 0.0626. The van der Waals surface area contributed by atoms with Crippen LogP contribution < -0.4 is 5.32 Å². The lowest BCUT2D eigenvalue weighted by Crippen LogP contribution is -2.48. The summed E-state index contributed by atoms with van der Waals surface area (Å²) in [5, 5.41) is 3.54. The molecule has 0 fully saturated rings. The van der Waals surface area contributed by atoms with Gasteiger partial charge in [-0.25, -0.2) is 0 Å². The molecular formula is C25H33ClN2O2S. The molecule has 168 valence electrons. The molecule has 4 nitrogen and oxygen atoms in total. The van der Waals surface area contributed by atoms with Gasteiger partial charge in [-0.1, -0.05) is 72.5 Å². The molecule has 2 amide bonds. The highest BCUT2D eigenvalue weighted by atomic mass is 35.5. The molecule has 1 atom stereocenters. The summed E-state index contributed by atoms with van der Waals surface area (Å²) in [5.41, 5.74) is 4.49. The van der Waals surface area contributed by atoms with Crippen molar-refractivity contribution in [1.29, 1.82) is 0 Å². The van der Waals surface area contributed by atoms with Gasteiger partial charge in [0.2, 0.25) is 11.8 Å². The van der Waals surface area contributed by atoms with E-state index in [4.69, 9.17) is 11.6 Å². The van der Waals surface area contributed by atoms with Gasteiger partial charge in [-0.05, 0) is 44.4 Å². The fourth-order valence-corrected chi connectivity index (χ4v) is 4.46. The number of aryl methyl sites for hydroxylation is 2. The van der Waals surface area contributed by atoms with E-state index >= 15 is 0 Å². The predicted molar refractivity (Wildman–Crippen MR) is 131 cm³/mol. The number of unbranched alkanes of at least 4 members (excludes halogenated alkanes) is 1. The van der Waals surface area contributed by atoms with Gasteiger partial charge in [0.25, 0.3) is 0 Å². The van der Waals surface area contributed by atoms with Crippen LogP contribution in [0.4, 0.5) is 0 Å². The summed E-state index contributed by atoms with van der Waals surface area (Å²) in [5.74, 6) is 0.871. The topological polar surface area (TPSA) is 49.4 Å². The third-order valence-corrected chi connectivity index (χ3v) is 6.43. The highest BCUT2D eigenvalue weighted by Gasteiger charge is 2.26. The summed E-state index contributed by atoms with van der Waals surface area (Å²) in [7, 11) is 0. The zero-order chi connectivity index (χ0) is 22.8. The van der Waals surface area contributed by atoms with Gasteiger partial charge in [0.1, 0.15) is 6.04 Å². The van der Waals surface area contributed by atoms with Crippen LogP contribution >= 0.6 is 23.4 Å². The lowest BCUT2D eigenvalue weighted by atomic mass is 10.1. The smallest absolute Gasteiger partial charge is 0.242 e. The van der Waals surface area contributed by atoms with Gasteiger partial charge in [-0.15, -0.1) is 11.8 Å². The molecule has 6 heteroatoms. The quantitative estimate of drug-likeness (QED) is 0.449. The average molecular weight is 461 g/mol. The maximum atomic E-state index is 13.1. The molecule has 31 heavy (non-hydrogen) atoms. The molecule has 1 N–H and O–H groups in total. The van der Waals surface area contributed by atoms with Crippen LogP contribution in [0.25, 0.3) is 0 Å². The number of nitrogens with zero attached hydrogens (tertiary/aromatic N) is 1. The number of hydrogen-bond donors (Lipinski definition) is 1. The molecule has 2 rings (SSSR count). The van der Waals surface area contributed by atoms with E-state index < -0.39 is 6.04 Å². The third-order valence-electron chi connectivity index (χ3n) is 5.07. The van der Waals surface area contributed by atoms with Crippen molar-refractivity contribution in [3.05, 3.63) is 69.7 Å². The monoisotopic (exact) mass is 460 g/mol. The number of amides is 2. The third kappa shape index (κ3) is 8.23. The second kappa shape index (κ2) is 12.8. The number of nitrogens with one attached hydrogen (secondary N) is 1. The Balaban J connectivity index is 2.07. The van der Waals surface area contributed by atoms with Crippen molar-refractivity contribution in [3.8, 4) is 0 Å². The molecule has 2 aromatic rings. The van der Waals surface area contributed by atoms with Crippen LogP contribution in [0.5, 0.6) is 0 Å². The minimum Gasteiger partial charge on any atom is -0.354 e. The molecule has 0 bridgehead atoms. The van der Waals surface area contributed by atoms with Gasteiger partial charge < -0.3 is 10.2 Å². The fourth-order valence-electron chi connectivity index (χ4n) is 3.42. The molecule has 0 saturated carbocycles. The van der Waals surface area contributed by atoms with Crippen LogP contribution in [-0.4, -0.2) is 35.1 Å². The summed E-state index contributed by atoms with van der Waals surface area (Å²) in [6.45, 7) is 8.95.